The zero-order valence-electron chi connectivity index (χ0n) is 9.10. The molecular weight excluding hydrogens is 245 g/mol. The highest BCUT2D eigenvalue weighted by Gasteiger charge is 2.06. The molecule has 0 saturated heterocycles. The van der Waals surface area contributed by atoms with Crippen LogP contribution in [0.2, 0.25) is 0 Å². The second kappa shape index (κ2) is 7.26. The molecule has 17 heavy (non-hydrogen) atoms. The Kier molecular flexibility index (Phi) is 5.96. The number of nitrogens with one attached hydrogen (secondary N) is 1. The van der Waals surface area contributed by atoms with Crippen molar-refractivity contribution in [3.05, 3.63) is 30.1 Å². The summed E-state index contributed by atoms with van der Waals surface area (Å²) >= 11 is 1.27. The number of aliphatic hydroxyl groups excluding tert-OH is 2. The van der Waals surface area contributed by atoms with Gasteiger partial charge in [0.25, 0.3) is 0 Å². The predicted octanol–water partition coefficient (Wildman–Crippen LogP) is 0.387. The van der Waals surface area contributed by atoms with Crippen LogP contribution in [0.25, 0.3) is 0 Å². The van der Waals surface area contributed by atoms with Crippen LogP contribution in [0.4, 0.5) is 4.39 Å². The van der Waals surface area contributed by atoms with E-state index in [0.717, 1.165) is 4.90 Å². The molecule has 0 bridgehead atoms. The molecule has 1 rings (SSSR count). The van der Waals surface area contributed by atoms with E-state index in [1.54, 1.807) is 12.1 Å². The van der Waals surface area contributed by atoms with Crippen molar-refractivity contribution in [2.45, 2.75) is 11.0 Å². The predicted molar refractivity (Wildman–Crippen MR) is 63.2 cm³/mol. The van der Waals surface area contributed by atoms with Crippen molar-refractivity contribution < 1.29 is 19.4 Å². The summed E-state index contributed by atoms with van der Waals surface area (Å²) in [6, 6.07) is 5.84. The minimum Gasteiger partial charge on any atom is -0.394 e. The highest BCUT2D eigenvalue weighted by Crippen LogP contribution is 2.17. The van der Waals surface area contributed by atoms with Crippen LogP contribution in [0.5, 0.6) is 0 Å². The van der Waals surface area contributed by atoms with Crippen molar-refractivity contribution in [3.63, 3.8) is 0 Å². The van der Waals surface area contributed by atoms with Gasteiger partial charge in [-0.05, 0) is 24.3 Å². The fraction of sp³-hybridized carbons (Fsp3) is 0.364. The molecule has 1 aromatic rings. The Morgan fingerprint density at radius 2 is 2.06 bits per heavy atom. The third-order valence-electron chi connectivity index (χ3n) is 1.93. The van der Waals surface area contributed by atoms with Crippen LogP contribution in [-0.2, 0) is 4.79 Å². The number of aliphatic hydroxyl groups is 2. The van der Waals surface area contributed by atoms with Crippen LogP contribution in [0.1, 0.15) is 0 Å². The van der Waals surface area contributed by atoms with Crippen LogP contribution in [0.15, 0.2) is 29.2 Å². The van der Waals surface area contributed by atoms with Crippen LogP contribution in [0.3, 0.4) is 0 Å². The molecule has 4 nitrogen and oxygen atoms in total. The van der Waals surface area contributed by atoms with E-state index < -0.39 is 6.10 Å². The van der Waals surface area contributed by atoms with Crippen molar-refractivity contribution in [2.75, 3.05) is 18.9 Å². The van der Waals surface area contributed by atoms with Gasteiger partial charge in [-0.2, -0.15) is 0 Å². The molecule has 0 aromatic heterocycles. The number of carbonyl (C=O) groups is 1. The molecule has 1 amide bonds. The molecule has 0 spiro atoms. The van der Waals surface area contributed by atoms with Gasteiger partial charge in [0, 0.05) is 11.4 Å². The van der Waals surface area contributed by atoms with Crippen molar-refractivity contribution in [2.24, 2.45) is 0 Å². The average molecular weight is 259 g/mol. The van der Waals surface area contributed by atoms with Gasteiger partial charge in [-0.15, -0.1) is 11.8 Å². The van der Waals surface area contributed by atoms with Crippen LogP contribution in [0, 0.1) is 5.82 Å². The maximum atomic E-state index is 12.6. The lowest BCUT2D eigenvalue weighted by atomic mass is 10.4. The summed E-state index contributed by atoms with van der Waals surface area (Å²) in [5, 5.41) is 20.0. The largest absolute Gasteiger partial charge is 0.394 e. The maximum absolute atomic E-state index is 12.6. The molecule has 6 heteroatoms. The standard InChI is InChI=1S/C11H14FNO3S/c12-8-1-3-10(4-2-8)17-7-11(16)13-5-9(15)6-14/h1-4,9,14-15H,5-7H2,(H,13,16). The summed E-state index contributed by atoms with van der Waals surface area (Å²) in [7, 11) is 0. The molecule has 0 aliphatic heterocycles. The molecule has 1 unspecified atom stereocenters. The molecule has 1 aromatic carbocycles. The minimum absolute atomic E-state index is 0.0271. The summed E-state index contributed by atoms with van der Waals surface area (Å²) in [6.45, 7) is -0.356. The lowest BCUT2D eigenvalue weighted by molar-refractivity contribution is -0.119. The quantitative estimate of drug-likeness (QED) is 0.646. The monoisotopic (exact) mass is 259 g/mol. The van der Waals surface area contributed by atoms with Gasteiger partial charge in [-0.1, -0.05) is 0 Å². The first-order chi connectivity index (χ1) is 8.11. The number of benzene rings is 1. The highest BCUT2D eigenvalue weighted by molar-refractivity contribution is 8.00. The van der Waals surface area contributed by atoms with Crippen molar-refractivity contribution in [3.8, 4) is 0 Å². The number of amides is 1. The summed E-state index contributed by atoms with van der Waals surface area (Å²) in [5.74, 6) is -0.374. The Hall–Kier alpha value is -1.11. The van der Waals surface area contributed by atoms with Crippen LogP contribution >= 0.6 is 11.8 Å². The molecule has 0 heterocycles. The fourth-order valence-electron chi connectivity index (χ4n) is 1.03. The smallest absolute Gasteiger partial charge is 0.230 e. The zero-order chi connectivity index (χ0) is 12.7. The van der Waals surface area contributed by atoms with E-state index in [9.17, 15) is 9.18 Å². The number of rotatable bonds is 6. The SMILES string of the molecule is O=C(CSc1ccc(F)cc1)NCC(O)CO. The molecule has 0 radical (unpaired) electrons. The molecule has 0 fully saturated rings. The van der Waals surface area contributed by atoms with Gasteiger partial charge >= 0.3 is 0 Å². The van der Waals surface area contributed by atoms with E-state index in [4.69, 9.17) is 10.2 Å². The molecule has 94 valence electrons. The maximum Gasteiger partial charge on any atom is 0.230 e. The number of hydrogen-bond acceptors (Lipinski definition) is 4. The summed E-state index contributed by atoms with van der Waals surface area (Å²) < 4.78 is 12.6. The fourth-order valence-corrected chi connectivity index (χ4v) is 1.76. The summed E-state index contributed by atoms with van der Waals surface area (Å²) in [4.78, 5) is 12.1. The third-order valence-corrected chi connectivity index (χ3v) is 2.94. The van der Waals surface area contributed by atoms with Gasteiger partial charge in [0.2, 0.25) is 5.91 Å². The van der Waals surface area contributed by atoms with Crippen molar-refractivity contribution in [1.29, 1.82) is 0 Å². The van der Waals surface area contributed by atoms with E-state index >= 15 is 0 Å². The van der Waals surface area contributed by atoms with Gasteiger partial charge in [0.15, 0.2) is 0 Å². The van der Waals surface area contributed by atoms with Gasteiger partial charge in [-0.3, -0.25) is 4.79 Å². The first kappa shape index (κ1) is 14.0. The lowest BCUT2D eigenvalue weighted by Gasteiger charge is -2.08. The summed E-state index contributed by atoms with van der Waals surface area (Å²) in [6.07, 6.45) is -0.935. The van der Waals surface area contributed by atoms with E-state index in [0.29, 0.717) is 0 Å². The number of carbonyl (C=O) groups excluding carboxylic acids is 1. The molecule has 0 aliphatic rings. The normalized spacial score (nSPS) is 12.2. The van der Waals surface area contributed by atoms with Crippen LogP contribution in [-0.4, -0.2) is 41.1 Å². The van der Waals surface area contributed by atoms with Crippen LogP contribution < -0.4 is 5.32 Å². The van der Waals surface area contributed by atoms with E-state index in [2.05, 4.69) is 5.32 Å². The summed E-state index contributed by atoms with van der Waals surface area (Å²) in [5.41, 5.74) is 0. The molecule has 3 N–H and O–H groups in total. The Bertz CT molecular complexity index is 358. The third kappa shape index (κ3) is 5.67. The molecule has 1 atom stereocenters. The Morgan fingerprint density at radius 1 is 1.41 bits per heavy atom. The lowest BCUT2D eigenvalue weighted by Crippen LogP contribution is -2.34. The zero-order valence-corrected chi connectivity index (χ0v) is 9.91. The topological polar surface area (TPSA) is 69.6 Å². The first-order valence-corrected chi connectivity index (χ1v) is 6.04. The Balaban J connectivity index is 2.26. The molecule has 0 aliphatic carbocycles. The van der Waals surface area contributed by atoms with Crippen molar-refractivity contribution >= 4 is 17.7 Å². The van der Waals surface area contributed by atoms with Gasteiger partial charge in [0.05, 0.1) is 18.5 Å². The van der Waals surface area contributed by atoms with Crippen molar-refractivity contribution in [1.82, 2.24) is 5.32 Å². The number of halogens is 1. The Morgan fingerprint density at radius 3 is 2.65 bits per heavy atom. The second-order valence-electron chi connectivity index (χ2n) is 3.38. The molecule has 0 saturated carbocycles. The van der Waals surface area contributed by atoms with Gasteiger partial charge in [-0.25, -0.2) is 4.39 Å². The second-order valence-corrected chi connectivity index (χ2v) is 4.43. The van der Waals surface area contributed by atoms with Gasteiger partial charge in [0.1, 0.15) is 5.82 Å². The van der Waals surface area contributed by atoms with E-state index in [1.807, 2.05) is 0 Å². The van der Waals surface area contributed by atoms with Gasteiger partial charge < -0.3 is 15.5 Å². The van der Waals surface area contributed by atoms with E-state index in [1.165, 1.54) is 23.9 Å². The highest BCUT2D eigenvalue weighted by atomic mass is 32.2. The number of hydrogen-bond donors (Lipinski definition) is 3. The minimum atomic E-state index is -0.935. The Labute approximate surface area is 103 Å². The van der Waals surface area contributed by atoms with E-state index in [-0.39, 0.29) is 30.6 Å². The number of thioether (sulfide) groups is 1. The average Bonchev–Trinajstić information content (AvgIpc) is 2.35. The molecular formula is C11H14FNO3S. The first-order valence-electron chi connectivity index (χ1n) is 5.06.